The molecule has 4 heteroatoms. The Kier molecular flexibility index (Phi) is 3.62. The summed E-state index contributed by atoms with van der Waals surface area (Å²) in [6.07, 6.45) is 1.00. The Morgan fingerprint density at radius 2 is 2.13 bits per heavy atom. The average Bonchev–Trinajstić information content (AvgIpc) is 3.15. The molecule has 3 aromatic rings. The molecule has 2 aromatic carbocycles. The lowest BCUT2D eigenvalue weighted by Crippen LogP contribution is -2.20. The molecule has 1 aliphatic rings. The summed E-state index contributed by atoms with van der Waals surface area (Å²) < 4.78 is 19.7. The van der Waals surface area contributed by atoms with Crippen molar-refractivity contribution in [1.82, 2.24) is 9.88 Å². The minimum absolute atomic E-state index is 0.131. The highest BCUT2D eigenvalue weighted by molar-refractivity contribution is 5.73. The van der Waals surface area contributed by atoms with E-state index < -0.39 is 0 Å². The monoisotopic (exact) mass is 310 g/mol. The van der Waals surface area contributed by atoms with Crippen molar-refractivity contribution in [3.05, 3.63) is 65.3 Å². The van der Waals surface area contributed by atoms with Gasteiger partial charge in [-0.15, -0.1) is 0 Å². The molecule has 2 heterocycles. The summed E-state index contributed by atoms with van der Waals surface area (Å²) in [6, 6.07) is 13.1. The summed E-state index contributed by atoms with van der Waals surface area (Å²) >= 11 is 0. The minimum atomic E-state index is -0.131. The van der Waals surface area contributed by atoms with Crippen LogP contribution in [0.25, 0.3) is 11.1 Å². The molecule has 1 aliphatic heterocycles. The van der Waals surface area contributed by atoms with Crippen molar-refractivity contribution in [2.24, 2.45) is 0 Å². The highest BCUT2D eigenvalue weighted by Crippen LogP contribution is 2.30. The Labute approximate surface area is 134 Å². The van der Waals surface area contributed by atoms with Crippen LogP contribution in [0, 0.1) is 12.7 Å². The third kappa shape index (κ3) is 2.86. The van der Waals surface area contributed by atoms with Crippen LogP contribution in [-0.4, -0.2) is 23.0 Å². The molecule has 0 radical (unpaired) electrons. The molecule has 0 aliphatic carbocycles. The zero-order valence-electron chi connectivity index (χ0n) is 13.1. The highest BCUT2D eigenvalue weighted by Gasteiger charge is 2.28. The first-order valence-corrected chi connectivity index (χ1v) is 8.02. The maximum absolute atomic E-state index is 13.8. The standard InChI is InChI=1S/C19H19FN2O/c1-13-6-7-18-17(10-13)21-19(23-18)15-8-9-22(12-15)11-14-4-2-3-5-16(14)20/h2-7,10,15H,8-9,11-12H2,1H3. The molecule has 0 spiro atoms. The van der Waals surface area contributed by atoms with Crippen molar-refractivity contribution >= 4 is 11.1 Å². The zero-order chi connectivity index (χ0) is 15.8. The van der Waals surface area contributed by atoms with Gasteiger partial charge < -0.3 is 4.42 Å². The molecule has 1 unspecified atom stereocenters. The van der Waals surface area contributed by atoms with Gasteiger partial charge in [-0.3, -0.25) is 4.90 Å². The molecule has 1 aromatic heterocycles. The third-order valence-corrected chi connectivity index (χ3v) is 4.53. The molecular weight excluding hydrogens is 291 g/mol. The predicted octanol–water partition coefficient (Wildman–Crippen LogP) is 4.26. The molecule has 0 bridgehead atoms. The van der Waals surface area contributed by atoms with Gasteiger partial charge in [-0.05, 0) is 43.7 Å². The van der Waals surface area contributed by atoms with Crippen LogP contribution in [0.2, 0.25) is 0 Å². The molecule has 0 saturated carbocycles. The van der Waals surface area contributed by atoms with Gasteiger partial charge in [-0.25, -0.2) is 9.37 Å². The lowest BCUT2D eigenvalue weighted by molar-refractivity contribution is 0.315. The largest absolute Gasteiger partial charge is 0.440 e. The Morgan fingerprint density at radius 1 is 1.26 bits per heavy atom. The first-order chi connectivity index (χ1) is 11.2. The lowest BCUT2D eigenvalue weighted by Gasteiger charge is -2.15. The second-order valence-electron chi connectivity index (χ2n) is 6.34. The van der Waals surface area contributed by atoms with Crippen LogP contribution in [-0.2, 0) is 6.54 Å². The van der Waals surface area contributed by atoms with E-state index in [4.69, 9.17) is 4.42 Å². The maximum atomic E-state index is 13.8. The molecule has 1 atom stereocenters. The van der Waals surface area contributed by atoms with E-state index >= 15 is 0 Å². The van der Waals surface area contributed by atoms with E-state index in [0.717, 1.165) is 42.1 Å². The van der Waals surface area contributed by atoms with Crippen molar-refractivity contribution < 1.29 is 8.81 Å². The molecule has 3 nitrogen and oxygen atoms in total. The van der Waals surface area contributed by atoms with Crippen molar-refractivity contribution in [1.29, 1.82) is 0 Å². The van der Waals surface area contributed by atoms with Gasteiger partial charge in [0.1, 0.15) is 11.3 Å². The Hall–Kier alpha value is -2.20. The number of hydrogen-bond donors (Lipinski definition) is 0. The van der Waals surface area contributed by atoms with Crippen LogP contribution in [0.1, 0.15) is 29.4 Å². The predicted molar refractivity (Wildman–Crippen MR) is 87.8 cm³/mol. The first kappa shape index (κ1) is 14.4. The molecule has 23 heavy (non-hydrogen) atoms. The quantitative estimate of drug-likeness (QED) is 0.723. The molecule has 1 saturated heterocycles. The van der Waals surface area contributed by atoms with E-state index in [1.165, 1.54) is 11.6 Å². The summed E-state index contributed by atoms with van der Waals surface area (Å²) in [7, 11) is 0. The SMILES string of the molecule is Cc1ccc2oc(C3CCN(Cc4ccccc4F)C3)nc2c1. The zero-order valence-corrected chi connectivity index (χ0v) is 13.1. The number of likely N-dealkylation sites (tertiary alicyclic amines) is 1. The Bertz CT molecular complexity index is 842. The van der Waals surface area contributed by atoms with E-state index in [0.29, 0.717) is 6.54 Å². The van der Waals surface area contributed by atoms with Crippen molar-refractivity contribution in [3.63, 3.8) is 0 Å². The number of oxazole rings is 1. The number of aryl methyl sites for hydroxylation is 1. The molecule has 118 valence electrons. The Morgan fingerprint density at radius 3 is 3.00 bits per heavy atom. The summed E-state index contributed by atoms with van der Waals surface area (Å²) in [5.41, 5.74) is 3.71. The topological polar surface area (TPSA) is 29.3 Å². The smallest absolute Gasteiger partial charge is 0.199 e. The number of benzene rings is 2. The Balaban J connectivity index is 1.50. The maximum Gasteiger partial charge on any atom is 0.199 e. The third-order valence-electron chi connectivity index (χ3n) is 4.53. The molecule has 1 fully saturated rings. The minimum Gasteiger partial charge on any atom is -0.440 e. The van der Waals surface area contributed by atoms with Gasteiger partial charge in [0.15, 0.2) is 11.5 Å². The highest BCUT2D eigenvalue weighted by atomic mass is 19.1. The van der Waals surface area contributed by atoms with Gasteiger partial charge in [0.05, 0.1) is 0 Å². The lowest BCUT2D eigenvalue weighted by atomic mass is 10.1. The van der Waals surface area contributed by atoms with E-state index in [1.54, 1.807) is 6.07 Å². The number of halogens is 1. The van der Waals surface area contributed by atoms with Crippen LogP contribution in [0.15, 0.2) is 46.9 Å². The van der Waals surface area contributed by atoms with Gasteiger partial charge in [0, 0.05) is 24.6 Å². The first-order valence-electron chi connectivity index (χ1n) is 8.02. The van der Waals surface area contributed by atoms with Crippen LogP contribution in [0.5, 0.6) is 0 Å². The number of fused-ring (bicyclic) bond motifs is 1. The summed E-state index contributed by atoms with van der Waals surface area (Å²) in [6.45, 7) is 4.50. The fourth-order valence-electron chi connectivity index (χ4n) is 3.28. The van der Waals surface area contributed by atoms with Crippen LogP contribution in [0.3, 0.4) is 0 Å². The van der Waals surface area contributed by atoms with Gasteiger partial charge in [0.25, 0.3) is 0 Å². The molecular formula is C19H19FN2O. The molecule has 4 rings (SSSR count). The van der Waals surface area contributed by atoms with Gasteiger partial charge in [0.2, 0.25) is 0 Å². The van der Waals surface area contributed by atoms with E-state index in [9.17, 15) is 4.39 Å². The number of nitrogens with zero attached hydrogens (tertiary/aromatic N) is 2. The van der Waals surface area contributed by atoms with E-state index in [1.807, 2.05) is 30.3 Å². The number of aromatic nitrogens is 1. The normalized spacial score (nSPS) is 18.8. The van der Waals surface area contributed by atoms with Gasteiger partial charge in [-0.1, -0.05) is 24.3 Å². The van der Waals surface area contributed by atoms with Crippen LogP contribution >= 0.6 is 0 Å². The van der Waals surface area contributed by atoms with Crippen molar-refractivity contribution in [2.75, 3.05) is 13.1 Å². The van der Waals surface area contributed by atoms with E-state index in [-0.39, 0.29) is 11.7 Å². The van der Waals surface area contributed by atoms with Crippen molar-refractivity contribution in [3.8, 4) is 0 Å². The van der Waals surface area contributed by atoms with Crippen LogP contribution in [0.4, 0.5) is 4.39 Å². The van der Waals surface area contributed by atoms with Crippen LogP contribution < -0.4 is 0 Å². The summed E-state index contributed by atoms with van der Waals surface area (Å²) in [5.74, 6) is 0.962. The second-order valence-corrected chi connectivity index (χ2v) is 6.34. The fraction of sp³-hybridized carbons (Fsp3) is 0.316. The van der Waals surface area contributed by atoms with Crippen molar-refractivity contribution in [2.45, 2.75) is 25.8 Å². The summed E-state index contributed by atoms with van der Waals surface area (Å²) in [5, 5.41) is 0. The number of hydrogen-bond acceptors (Lipinski definition) is 3. The van der Waals surface area contributed by atoms with Gasteiger partial charge in [-0.2, -0.15) is 0 Å². The second kappa shape index (κ2) is 5.78. The summed E-state index contributed by atoms with van der Waals surface area (Å²) in [4.78, 5) is 6.91. The average molecular weight is 310 g/mol. The number of rotatable bonds is 3. The molecule has 0 N–H and O–H groups in total. The van der Waals surface area contributed by atoms with Gasteiger partial charge >= 0.3 is 0 Å². The molecule has 0 amide bonds. The fourth-order valence-corrected chi connectivity index (χ4v) is 3.28. The van der Waals surface area contributed by atoms with E-state index in [2.05, 4.69) is 16.8 Å².